The van der Waals surface area contributed by atoms with Crippen molar-refractivity contribution < 1.29 is 14.3 Å². The molecule has 1 atom stereocenters. The molecule has 7 heteroatoms. The maximum Gasteiger partial charge on any atom is 0.241 e. The number of benzene rings is 1. The van der Waals surface area contributed by atoms with Crippen molar-refractivity contribution in [1.29, 1.82) is 0 Å². The van der Waals surface area contributed by atoms with Crippen LogP contribution in [-0.4, -0.2) is 56.7 Å². The molecule has 7 nitrogen and oxygen atoms in total. The van der Waals surface area contributed by atoms with Crippen molar-refractivity contribution in [3.63, 3.8) is 0 Å². The number of nitrogens with zero attached hydrogens (tertiary/aromatic N) is 2. The molecular weight excluding hydrogens is 356 g/mol. The molecule has 2 rings (SSSR count). The predicted octanol–water partition coefficient (Wildman–Crippen LogP) is 2.19. The summed E-state index contributed by atoms with van der Waals surface area (Å²) in [4.78, 5) is 18.1. The highest BCUT2D eigenvalue weighted by Gasteiger charge is 2.21. The second-order valence-corrected chi connectivity index (χ2v) is 7.71. The molecule has 0 saturated heterocycles. The minimum Gasteiger partial charge on any atom is -0.494 e. The van der Waals surface area contributed by atoms with Gasteiger partial charge in [-0.25, -0.2) is 4.99 Å². The SMILES string of the molecule is CCOc1cc2c(cc1CN=C(NCC(=O)N(C)C)NCC(C)C)OC(C)C2. The third-order valence-electron chi connectivity index (χ3n) is 4.37. The van der Waals surface area contributed by atoms with Crippen LogP contribution in [0.5, 0.6) is 11.5 Å². The Balaban J connectivity index is 2.16. The maximum atomic E-state index is 11.9. The maximum absolute atomic E-state index is 11.9. The molecular formula is C21H34N4O3. The smallest absolute Gasteiger partial charge is 0.241 e. The molecule has 1 aliphatic rings. The highest BCUT2D eigenvalue weighted by molar-refractivity contribution is 5.86. The van der Waals surface area contributed by atoms with Gasteiger partial charge in [0, 0.05) is 38.2 Å². The zero-order chi connectivity index (χ0) is 20.7. The van der Waals surface area contributed by atoms with Crippen LogP contribution in [0, 0.1) is 5.92 Å². The fourth-order valence-corrected chi connectivity index (χ4v) is 2.85. The Morgan fingerprint density at radius 3 is 2.75 bits per heavy atom. The van der Waals surface area contributed by atoms with Gasteiger partial charge in [-0.3, -0.25) is 4.79 Å². The third kappa shape index (κ3) is 6.32. The van der Waals surface area contributed by atoms with Gasteiger partial charge in [0.2, 0.25) is 5.91 Å². The number of likely N-dealkylation sites (N-methyl/N-ethyl adjacent to an activating group) is 1. The summed E-state index contributed by atoms with van der Waals surface area (Å²) >= 11 is 0. The van der Waals surface area contributed by atoms with E-state index in [1.165, 1.54) is 5.56 Å². The molecule has 1 aliphatic heterocycles. The van der Waals surface area contributed by atoms with E-state index in [2.05, 4.69) is 42.5 Å². The fourth-order valence-electron chi connectivity index (χ4n) is 2.85. The minimum atomic E-state index is -0.00558. The average Bonchev–Trinajstić information content (AvgIpc) is 2.99. The highest BCUT2D eigenvalue weighted by Crippen LogP contribution is 2.35. The second-order valence-electron chi connectivity index (χ2n) is 7.71. The number of hydrogen-bond donors (Lipinski definition) is 2. The van der Waals surface area contributed by atoms with Gasteiger partial charge >= 0.3 is 0 Å². The first-order valence-electron chi connectivity index (χ1n) is 9.97. The molecule has 156 valence electrons. The minimum absolute atomic E-state index is 0.00558. The van der Waals surface area contributed by atoms with Crippen LogP contribution in [0.2, 0.25) is 0 Å². The molecule has 1 aromatic rings. The standard InChI is InChI=1S/C21H34N4O3/c1-7-27-18-9-16-8-15(4)28-19(16)10-17(18)12-23-21(22-11-14(2)3)24-13-20(26)25(5)6/h9-10,14-15H,7-8,11-13H2,1-6H3,(H2,22,23,24). The van der Waals surface area contributed by atoms with Crippen LogP contribution in [0.25, 0.3) is 0 Å². The van der Waals surface area contributed by atoms with Gasteiger partial charge in [-0.15, -0.1) is 0 Å². The molecule has 2 N–H and O–H groups in total. The van der Waals surface area contributed by atoms with Crippen LogP contribution < -0.4 is 20.1 Å². The van der Waals surface area contributed by atoms with Gasteiger partial charge in [-0.05, 0) is 31.9 Å². The summed E-state index contributed by atoms with van der Waals surface area (Å²) in [6, 6.07) is 4.09. The lowest BCUT2D eigenvalue weighted by molar-refractivity contribution is -0.127. The Morgan fingerprint density at radius 2 is 2.11 bits per heavy atom. The molecule has 0 saturated carbocycles. The Hall–Kier alpha value is -2.44. The molecule has 0 aliphatic carbocycles. The number of fused-ring (bicyclic) bond motifs is 1. The highest BCUT2D eigenvalue weighted by atomic mass is 16.5. The van der Waals surface area contributed by atoms with Crippen LogP contribution in [0.3, 0.4) is 0 Å². The zero-order valence-electron chi connectivity index (χ0n) is 18.0. The van der Waals surface area contributed by atoms with Crippen LogP contribution in [0.1, 0.15) is 38.8 Å². The van der Waals surface area contributed by atoms with E-state index in [0.29, 0.717) is 25.0 Å². The van der Waals surface area contributed by atoms with Gasteiger partial charge < -0.3 is 25.0 Å². The van der Waals surface area contributed by atoms with E-state index in [-0.39, 0.29) is 18.6 Å². The summed E-state index contributed by atoms with van der Waals surface area (Å²) in [5, 5.41) is 6.40. The lowest BCUT2D eigenvalue weighted by atomic mass is 10.1. The number of hydrogen-bond acceptors (Lipinski definition) is 4. The van der Waals surface area contributed by atoms with Crippen LogP contribution >= 0.6 is 0 Å². The van der Waals surface area contributed by atoms with Crippen LogP contribution in [0.15, 0.2) is 17.1 Å². The number of rotatable bonds is 8. The summed E-state index contributed by atoms with van der Waals surface area (Å²) in [5.74, 6) is 2.82. The first kappa shape index (κ1) is 21.9. The van der Waals surface area contributed by atoms with Crippen molar-refractivity contribution in [2.24, 2.45) is 10.9 Å². The number of aliphatic imine (C=N–C) groups is 1. The predicted molar refractivity (Wildman–Crippen MR) is 112 cm³/mol. The molecule has 1 heterocycles. The van der Waals surface area contributed by atoms with E-state index in [9.17, 15) is 4.79 Å². The summed E-state index contributed by atoms with van der Waals surface area (Å²) in [7, 11) is 3.48. The van der Waals surface area contributed by atoms with E-state index >= 15 is 0 Å². The van der Waals surface area contributed by atoms with E-state index < -0.39 is 0 Å². The lowest BCUT2D eigenvalue weighted by Crippen LogP contribution is -2.44. The summed E-state index contributed by atoms with van der Waals surface area (Å²) in [6.45, 7) is 10.3. The van der Waals surface area contributed by atoms with Gasteiger partial charge in [-0.2, -0.15) is 0 Å². The van der Waals surface area contributed by atoms with Crippen molar-refractivity contribution in [2.75, 3.05) is 33.8 Å². The molecule has 0 spiro atoms. The van der Waals surface area contributed by atoms with E-state index in [1.54, 1.807) is 19.0 Å². The van der Waals surface area contributed by atoms with Crippen molar-refractivity contribution in [1.82, 2.24) is 15.5 Å². The Kier molecular flexibility index (Phi) is 7.96. The quantitative estimate of drug-likeness (QED) is 0.526. The van der Waals surface area contributed by atoms with Gasteiger partial charge in [0.1, 0.15) is 17.6 Å². The number of carbonyl (C=O) groups excluding carboxylic acids is 1. The van der Waals surface area contributed by atoms with Crippen molar-refractivity contribution in [3.05, 3.63) is 23.3 Å². The molecule has 1 aromatic carbocycles. The van der Waals surface area contributed by atoms with Crippen molar-refractivity contribution >= 4 is 11.9 Å². The largest absolute Gasteiger partial charge is 0.494 e. The van der Waals surface area contributed by atoms with Crippen molar-refractivity contribution in [3.8, 4) is 11.5 Å². The Labute approximate surface area is 168 Å². The lowest BCUT2D eigenvalue weighted by Gasteiger charge is -2.16. The van der Waals surface area contributed by atoms with Gasteiger partial charge in [0.15, 0.2) is 5.96 Å². The van der Waals surface area contributed by atoms with E-state index in [0.717, 1.165) is 30.0 Å². The molecule has 28 heavy (non-hydrogen) atoms. The van der Waals surface area contributed by atoms with Crippen molar-refractivity contribution in [2.45, 2.75) is 46.8 Å². The number of carbonyl (C=O) groups is 1. The second kappa shape index (κ2) is 10.2. The number of amides is 1. The first-order valence-corrected chi connectivity index (χ1v) is 9.97. The number of ether oxygens (including phenoxy) is 2. The summed E-state index contributed by atoms with van der Waals surface area (Å²) < 4.78 is 11.7. The van der Waals surface area contributed by atoms with Gasteiger partial charge in [-0.1, -0.05) is 13.8 Å². The Morgan fingerprint density at radius 1 is 1.36 bits per heavy atom. The molecule has 1 amide bonds. The molecule has 0 radical (unpaired) electrons. The van der Waals surface area contributed by atoms with E-state index in [1.807, 2.05) is 13.0 Å². The molecule has 1 unspecified atom stereocenters. The first-order chi connectivity index (χ1) is 13.3. The van der Waals surface area contributed by atoms with E-state index in [4.69, 9.17) is 9.47 Å². The fraction of sp³-hybridized carbons (Fsp3) is 0.619. The molecule has 0 aromatic heterocycles. The average molecular weight is 391 g/mol. The summed E-state index contributed by atoms with van der Waals surface area (Å²) in [5.41, 5.74) is 2.15. The van der Waals surface area contributed by atoms with Crippen LogP contribution in [-0.2, 0) is 17.8 Å². The Bertz CT molecular complexity index is 701. The normalized spacial score (nSPS) is 15.8. The monoisotopic (exact) mass is 390 g/mol. The molecule has 0 bridgehead atoms. The third-order valence-corrected chi connectivity index (χ3v) is 4.37. The topological polar surface area (TPSA) is 75.2 Å². The zero-order valence-corrected chi connectivity index (χ0v) is 18.0. The molecule has 0 fully saturated rings. The number of guanidine groups is 1. The van der Waals surface area contributed by atoms with Gasteiger partial charge in [0.25, 0.3) is 0 Å². The van der Waals surface area contributed by atoms with Gasteiger partial charge in [0.05, 0.1) is 19.7 Å². The number of nitrogens with one attached hydrogen (secondary N) is 2. The van der Waals surface area contributed by atoms with Crippen LogP contribution in [0.4, 0.5) is 0 Å². The summed E-state index contributed by atoms with van der Waals surface area (Å²) in [6.07, 6.45) is 1.08.